The summed E-state index contributed by atoms with van der Waals surface area (Å²) < 4.78 is 0.829. The molecule has 0 saturated carbocycles. The normalized spacial score (nSPS) is 9.44. The third-order valence-corrected chi connectivity index (χ3v) is 2.12. The lowest BCUT2D eigenvalue weighted by molar-refractivity contribution is 1.33. The third kappa shape index (κ3) is 1.35. The van der Waals surface area contributed by atoms with Crippen LogP contribution in [0, 0.1) is 3.57 Å². The van der Waals surface area contributed by atoms with Gasteiger partial charge in [-0.15, -0.1) is 0 Å². The van der Waals surface area contributed by atoms with Crippen LogP contribution in [0.3, 0.4) is 0 Å². The van der Waals surface area contributed by atoms with E-state index in [2.05, 4.69) is 27.6 Å². The molecule has 2 radical (unpaired) electrons. The largest absolute Gasteiger partial charge is 0.383 e. The van der Waals surface area contributed by atoms with Gasteiger partial charge in [0.15, 0.2) is 0 Å². The molecule has 0 bridgehead atoms. The van der Waals surface area contributed by atoms with Gasteiger partial charge in [0.2, 0.25) is 0 Å². The monoisotopic (exact) mass is 230 g/mol. The van der Waals surface area contributed by atoms with E-state index in [1.54, 1.807) is 12.3 Å². The van der Waals surface area contributed by atoms with Crippen LogP contribution in [0.15, 0.2) is 12.3 Å². The van der Waals surface area contributed by atoms with E-state index in [1.165, 1.54) is 0 Å². The van der Waals surface area contributed by atoms with Gasteiger partial charge in [0.05, 0.1) is 0 Å². The summed E-state index contributed by atoms with van der Waals surface area (Å²) in [6, 6.07) is 1.72. The van der Waals surface area contributed by atoms with E-state index in [0.717, 1.165) is 3.57 Å². The number of hydrogen-bond donors (Lipinski definition) is 1. The zero-order valence-corrected chi connectivity index (χ0v) is 6.79. The number of rotatable bonds is 0. The standard InChI is InChI=1S/C5H4BIN2/c6-3-1-2-9-5(8)4(3)7/h1-2H,(H2,8,9). The van der Waals surface area contributed by atoms with Gasteiger partial charge in [0.1, 0.15) is 13.7 Å². The van der Waals surface area contributed by atoms with Gasteiger partial charge < -0.3 is 5.73 Å². The van der Waals surface area contributed by atoms with Gasteiger partial charge in [-0.25, -0.2) is 4.98 Å². The smallest absolute Gasteiger partial charge is 0.136 e. The summed E-state index contributed by atoms with van der Waals surface area (Å²) in [6.45, 7) is 0. The Bertz CT molecular complexity index is 206. The van der Waals surface area contributed by atoms with Crippen LogP contribution in [-0.4, -0.2) is 12.8 Å². The molecule has 1 rings (SSSR count). The lowest BCUT2D eigenvalue weighted by Gasteiger charge is -1.98. The summed E-state index contributed by atoms with van der Waals surface area (Å²) in [5.41, 5.74) is 6.11. The molecule has 0 amide bonds. The predicted molar refractivity (Wildman–Crippen MR) is 46.8 cm³/mol. The SMILES string of the molecule is [B]c1ccnc(N)c1I. The van der Waals surface area contributed by atoms with Gasteiger partial charge in [-0.1, -0.05) is 5.46 Å². The zero-order valence-electron chi connectivity index (χ0n) is 4.63. The first-order valence-corrected chi connectivity index (χ1v) is 3.45. The highest BCUT2D eigenvalue weighted by atomic mass is 127. The first kappa shape index (κ1) is 6.86. The minimum Gasteiger partial charge on any atom is -0.383 e. The maximum Gasteiger partial charge on any atom is 0.136 e. The molecule has 0 aliphatic rings. The average molecular weight is 230 g/mol. The Hall–Kier alpha value is -0.255. The van der Waals surface area contributed by atoms with Crippen LogP contribution in [0.5, 0.6) is 0 Å². The number of aromatic nitrogens is 1. The van der Waals surface area contributed by atoms with E-state index in [-0.39, 0.29) is 0 Å². The van der Waals surface area contributed by atoms with Gasteiger partial charge in [-0.3, -0.25) is 0 Å². The van der Waals surface area contributed by atoms with E-state index < -0.39 is 0 Å². The highest BCUT2D eigenvalue weighted by Gasteiger charge is 1.95. The van der Waals surface area contributed by atoms with E-state index in [9.17, 15) is 0 Å². The Kier molecular flexibility index (Phi) is 1.95. The van der Waals surface area contributed by atoms with E-state index >= 15 is 0 Å². The average Bonchev–Trinajstić information content (AvgIpc) is 1.83. The molecule has 0 aromatic carbocycles. The quantitative estimate of drug-likeness (QED) is 0.505. The molecule has 2 N–H and O–H groups in total. The van der Waals surface area contributed by atoms with Crippen molar-refractivity contribution in [1.29, 1.82) is 0 Å². The molecule has 1 aromatic heterocycles. The fraction of sp³-hybridized carbons (Fsp3) is 0. The first-order valence-electron chi connectivity index (χ1n) is 2.37. The topological polar surface area (TPSA) is 38.9 Å². The van der Waals surface area contributed by atoms with Crippen molar-refractivity contribution in [2.45, 2.75) is 0 Å². The van der Waals surface area contributed by atoms with Gasteiger partial charge >= 0.3 is 0 Å². The van der Waals surface area contributed by atoms with Crippen molar-refractivity contribution in [3.05, 3.63) is 15.8 Å². The molecular formula is C5H4BIN2. The third-order valence-electron chi connectivity index (χ3n) is 0.946. The number of nitrogens with two attached hydrogens (primary N) is 1. The van der Waals surface area contributed by atoms with Gasteiger partial charge in [-0.2, -0.15) is 0 Å². The predicted octanol–water partition coefficient (Wildman–Crippen LogP) is 0.0622. The summed E-state index contributed by atoms with van der Waals surface area (Å²) in [5, 5.41) is 0. The number of nitrogen functional groups attached to an aromatic ring is 1. The molecule has 0 spiro atoms. The minimum absolute atomic E-state index is 0.496. The second-order valence-electron chi connectivity index (χ2n) is 1.60. The lowest BCUT2D eigenvalue weighted by atomic mass is 9.98. The summed E-state index contributed by atoms with van der Waals surface area (Å²) in [5.74, 6) is 0.496. The Morgan fingerprint density at radius 3 is 2.78 bits per heavy atom. The van der Waals surface area contributed by atoms with Crippen molar-refractivity contribution in [3.8, 4) is 0 Å². The summed E-state index contributed by atoms with van der Waals surface area (Å²) in [7, 11) is 5.49. The number of halogens is 1. The second kappa shape index (κ2) is 2.55. The van der Waals surface area contributed by atoms with E-state index in [4.69, 9.17) is 13.6 Å². The molecule has 1 heterocycles. The van der Waals surface area contributed by atoms with Crippen LogP contribution < -0.4 is 11.2 Å². The molecule has 4 heteroatoms. The molecule has 1 aromatic rings. The summed E-state index contributed by atoms with van der Waals surface area (Å²) >= 11 is 2.06. The number of hydrogen-bond acceptors (Lipinski definition) is 2. The molecule has 44 valence electrons. The first-order chi connectivity index (χ1) is 4.22. The van der Waals surface area contributed by atoms with Gasteiger partial charge in [0, 0.05) is 9.77 Å². The second-order valence-corrected chi connectivity index (χ2v) is 2.68. The maximum atomic E-state index is 5.49. The fourth-order valence-corrected chi connectivity index (χ4v) is 0.795. The molecule has 0 unspecified atom stereocenters. The van der Waals surface area contributed by atoms with Crippen LogP contribution in [0.1, 0.15) is 0 Å². The highest BCUT2D eigenvalue weighted by molar-refractivity contribution is 14.1. The fourth-order valence-electron chi connectivity index (χ4n) is 0.476. The van der Waals surface area contributed by atoms with Crippen LogP contribution in [0.2, 0.25) is 0 Å². The number of pyridine rings is 1. The van der Waals surface area contributed by atoms with E-state index in [0.29, 0.717) is 11.3 Å². The Morgan fingerprint density at radius 1 is 1.67 bits per heavy atom. The molecule has 9 heavy (non-hydrogen) atoms. The Labute approximate surface area is 68.4 Å². The molecule has 0 fully saturated rings. The van der Waals surface area contributed by atoms with Crippen LogP contribution in [0.25, 0.3) is 0 Å². The molecule has 2 nitrogen and oxygen atoms in total. The van der Waals surface area contributed by atoms with Gasteiger partial charge in [-0.05, 0) is 28.7 Å². The zero-order chi connectivity index (χ0) is 6.85. The van der Waals surface area contributed by atoms with Crippen molar-refractivity contribution >= 4 is 41.7 Å². The minimum atomic E-state index is 0.496. The molecular weight excluding hydrogens is 226 g/mol. The number of nitrogens with zero attached hydrogens (tertiary/aromatic N) is 1. The number of anilines is 1. The molecule has 0 aliphatic heterocycles. The van der Waals surface area contributed by atoms with Crippen molar-refractivity contribution in [1.82, 2.24) is 4.98 Å². The summed E-state index contributed by atoms with van der Waals surface area (Å²) in [4.78, 5) is 3.83. The van der Waals surface area contributed by atoms with Crippen LogP contribution in [-0.2, 0) is 0 Å². The molecule has 0 atom stereocenters. The Balaban J connectivity index is 3.25. The van der Waals surface area contributed by atoms with Gasteiger partial charge in [0.25, 0.3) is 0 Å². The van der Waals surface area contributed by atoms with Crippen molar-refractivity contribution in [2.24, 2.45) is 0 Å². The molecule has 0 aliphatic carbocycles. The van der Waals surface area contributed by atoms with Crippen molar-refractivity contribution < 1.29 is 0 Å². The van der Waals surface area contributed by atoms with Crippen LogP contribution in [0.4, 0.5) is 5.82 Å². The molecule has 0 saturated heterocycles. The summed E-state index contributed by atoms with van der Waals surface area (Å²) in [6.07, 6.45) is 1.59. The van der Waals surface area contributed by atoms with Crippen molar-refractivity contribution in [3.63, 3.8) is 0 Å². The highest BCUT2D eigenvalue weighted by Crippen LogP contribution is 2.05. The lowest BCUT2D eigenvalue weighted by Crippen LogP contribution is -2.10. The Morgan fingerprint density at radius 2 is 2.33 bits per heavy atom. The van der Waals surface area contributed by atoms with Crippen LogP contribution >= 0.6 is 22.6 Å². The van der Waals surface area contributed by atoms with Crippen molar-refractivity contribution in [2.75, 3.05) is 5.73 Å². The maximum absolute atomic E-state index is 5.49. The van der Waals surface area contributed by atoms with E-state index in [1.807, 2.05) is 0 Å².